The van der Waals surface area contributed by atoms with Crippen LogP contribution in [0.5, 0.6) is 0 Å². The molecule has 0 aromatic heterocycles. The molecule has 0 N–H and O–H groups in total. The molecule has 0 spiro atoms. The van der Waals surface area contributed by atoms with E-state index in [2.05, 4.69) is 50.3 Å². The summed E-state index contributed by atoms with van der Waals surface area (Å²) in [6.45, 7) is 4.52. The number of hydrogen-bond donors (Lipinski definition) is 0. The Morgan fingerprint density at radius 3 is 1.43 bits per heavy atom. The van der Waals surface area contributed by atoms with Crippen molar-refractivity contribution in [3.05, 3.63) is 36.5 Å². The first kappa shape index (κ1) is 55.5. The molecule has 0 aliphatic carbocycles. The maximum Gasteiger partial charge on any atom is 0.306 e. The molecular weight excluding hydrogens is 727 g/mol. The molecular formula is C50H91NO7. The fourth-order valence-corrected chi connectivity index (χ4v) is 7.09. The van der Waals surface area contributed by atoms with Crippen molar-refractivity contribution in [2.45, 2.75) is 225 Å². The third-order valence-electron chi connectivity index (χ3n) is 10.8. The molecule has 2 unspecified atom stereocenters. The van der Waals surface area contributed by atoms with Gasteiger partial charge in [-0.3, -0.25) is 9.59 Å². The summed E-state index contributed by atoms with van der Waals surface area (Å²) in [5.41, 5.74) is 0. The minimum absolute atomic E-state index is 0.0276. The zero-order valence-corrected chi connectivity index (χ0v) is 38.5. The number of quaternary nitrogens is 1. The topological polar surface area (TPSA) is 102 Å². The number of aliphatic carboxylic acids is 1. The summed E-state index contributed by atoms with van der Waals surface area (Å²) in [5, 5.41) is 11.6. The molecule has 0 amide bonds. The van der Waals surface area contributed by atoms with Crippen LogP contribution in [0.4, 0.5) is 0 Å². The maximum absolute atomic E-state index is 12.7. The number of unbranched alkanes of at least 4 members (excludes halogenated alkanes) is 23. The lowest BCUT2D eigenvalue weighted by atomic mass is 10.0. The summed E-state index contributed by atoms with van der Waals surface area (Å²) < 4.78 is 17.1. The van der Waals surface area contributed by atoms with Crippen LogP contribution in [0.1, 0.15) is 213 Å². The van der Waals surface area contributed by atoms with E-state index in [1.807, 2.05) is 0 Å². The maximum atomic E-state index is 12.7. The molecule has 0 aliphatic heterocycles. The van der Waals surface area contributed by atoms with Crippen LogP contribution in [-0.2, 0) is 28.6 Å². The number of ether oxygens (including phenoxy) is 3. The standard InChI is InChI=1S/C50H91NO7/c1-6-8-10-12-14-16-18-20-21-22-23-24-25-26-27-28-29-31-32-34-36-38-40-48(52)57-45-46(44-56-43-42-47(50(54)55)51(3,4)5)58-49(53)41-39-37-35-33-30-19-17-15-13-11-9-7-2/h9,11,15,17,30,33,46-47H,6-8,10,12-14,16,18-29,31-32,34-45H2,1-5H3/b11-9+,17-15+,33-30+. The van der Waals surface area contributed by atoms with Crippen LogP contribution in [-0.4, -0.2) is 75.5 Å². The van der Waals surface area contributed by atoms with Crippen molar-refractivity contribution < 1.29 is 38.2 Å². The smallest absolute Gasteiger partial charge is 0.306 e. The van der Waals surface area contributed by atoms with Crippen LogP contribution in [0.3, 0.4) is 0 Å². The zero-order chi connectivity index (χ0) is 42.8. The van der Waals surface area contributed by atoms with Gasteiger partial charge < -0.3 is 28.6 Å². The normalized spacial score (nSPS) is 13.2. The summed E-state index contributed by atoms with van der Waals surface area (Å²) in [6, 6.07) is -0.731. The van der Waals surface area contributed by atoms with Gasteiger partial charge in [0, 0.05) is 19.3 Å². The quantitative estimate of drug-likeness (QED) is 0.0261. The molecule has 0 heterocycles. The number of carboxylic acids is 1. The Kier molecular flexibility index (Phi) is 39.5. The highest BCUT2D eigenvalue weighted by Crippen LogP contribution is 2.16. The molecule has 0 bridgehead atoms. The second-order valence-corrected chi connectivity index (χ2v) is 17.3. The van der Waals surface area contributed by atoms with Gasteiger partial charge in [0.15, 0.2) is 6.10 Å². The first-order valence-corrected chi connectivity index (χ1v) is 24.0. The highest BCUT2D eigenvalue weighted by molar-refractivity contribution is 5.70. The van der Waals surface area contributed by atoms with Crippen molar-refractivity contribution in [3.8, 4) is 0 Å². The predicted octanol–water partition coefficient (Wildman–Crippen LogP) is 12.1. The van der Waals surface area contributed by atoms with Gasteiger partial charge in [0.1, 0.15) is 12.6 Å². The van der Waals surface area contributed by atoms with Gasteiger partial charge in [0.25, 0.3) is 0 Å². The highest BCUT2D eigenvalue weighted by atomic mass is 16.6. The molecule has 2 atom stereocenters. The SMILES string of the molecule is CC/C=C/C/C=C/C/C=C/CCCCC(=O)OC(COCCC(C(=O)[O-])[N+](C)(C)C)COC(=O)CCCCCCCCCCCCCCCCCCCCCCCC. The van der Waals surface area contributed by atoms with Crippen LogP contribution in [0.25, 0.3) is 0 Å². The largest absolute Gasteiger partial charge is 0.544 e. The summed E-state index contributed by atoms with van der Waals surface area (Å²) >= 11 is 0. The Bertz CT molecular complexity index is 1050. The van der Waals surface area contributed by atoms with Crippen molar-refractivity contribution in [2.75, 3.05) is 41.0 Å². The summed E-state index contributed by atoms with van der Waals surface area (Å²) in [7, 11) is 5.40. The van der Waals surface area contributed by atoms with Gasteiger partial charge in [-0.15, -0.1) is 0 Å². The van der Waals surface area contributed by atoms with E-state index in [-0.39, 0.29) is 49.1 Å². The number of hydrogen-bond acceptors (Lipinski definition) is 7. The van der Waals surface area contributed by atoms with Gasteiger partial charge >= 0.3 is 11.9 Å². The van der Waals surface area contributed by atoms with Crippen LogP contribution >= 0.6 is 0 Å². The fourth-order valence-electron chi connectivity index (χ4n) is 7.09. The van der Waals surface area contributed by atoms with Crippen LogP contribution in [0, 0.1) is 0 Å². The molecule has 58 heavy (non-hydrogen) atoms. The van der Waals surface area contributed by atoms with E-state index in [1.54, 1.807) is 21.1 Å². The highest BCUT2D eigenvalue weighted by Gasteiger charge is 2.25. The monoisotopic (exact) mass is 818 g/mol. The molecule has 0 fully saturated rings. The molecule has 8 heteroatoms. The number of likely N-dealkylation sites (N-methyl/N-ethyl adjacent to an activating group) is 1. The Hall–Kier alpha value is -2.45. The van der Waals surface area contributed by atoms with Gasteiger partial charge in [-0.05, 0) is 44.9 Å². The lowest BCUT2D eigenvalue weighted by Gasteiger charge is -2.34. The number of rotatable bonds is 43. The lowest BCUT2D eigenvalue weighted by Crippen LogP contribution is -2.55. The number of esters is 2. The van der Waals surface area contributed by atoms with Crippen molar-refractivity contribution >= 4 is 17.9 Å². The Labute approximate surface area is 357 Å². The Morgan fingerprint density at radius 1 is 0.534 bits per heavy atom. The van der Waals surface area contributed by atoms with E-state index in [0.29, 0.717) is 12.8 Å². The van der Waals surface area contributed by atoms with Gasteiger partial charge in [0.05, 0.1) is 40.3 Å². The Morgan fingerprint density at radius 2 is 0.966 bits per heavy atom. The zero-order valence-electron chi connectivity index (χ0n) is 38.5. The van der Waals surface area contributed by atoms with E-state index in [1.165, 1.54) is 122 Å². The van der Waals surface area contributed by atoms with Gasteiger partial charge in [-0.1, -0.05) is 185 Å². The van der Waals surface area contributed by atoms with Crippen molar-refractivity contribution in [1.29, 1.82) is 0 Å². The minimum atomic E-state index is -1.13. The van der Waals surface area contributed by atoms with E-state index in [9.17, 15) is 19.5 Å². The average Bonchev–Trinajstić information content (AvgIpc) is 3.18. The summed E-state index contributed by atoms with van der Waals surface area (Å²) in [6.07, 6.45) is 47.6. The molecule has 0 rings (SSSR count). The van der Waals surface area contributed by atoms with Gasteiger partial charge in [-0.2, -0.15) is 0 Å². The molecule has 0 aromatic rings. The molecule has 0 aliphatic rings. The second-order valence-electron chi connectivity index (χ2n) is 17.3. The van der Waals surface area contributed by atoms with E-state index in [0.717, 1.165) is 51.4 Å². The molecule has 338 valence electrons. The molecule has 0 saturated heterocycles. The number of carboxylic acid groups (broad SMARTS) is 1. The van der Waals surface area contributed by atoms with Crippen LogP contribution in [0.15, 0.2) is 36.5 Å². The third-order valence-corrected chi connectivity index (χ3v) is 10.8. The summed E-state index contributed by atoms with van der Waals surface area (Å²) in [4.78, 5) is 36.9. The minimum Gasteiger partial charge on any atom is -0.544 e. The lowest BCUT2D eigenvalue weighted by molar-refractivity contribution is -0.889. The second kappa shape index (κ2) is 41.3. The average molecular weight is 818 g/mol. The number of allylic oxidation sites excluding steroid dienone is 6. The third kappa shape index (κ3) is 39.0. The number of carbonyl (C=O) groups is 3. The van der Waals surface area contributed by atoms with E-state index in [4.69, 9.17) is 14.2 Å². The van der Waals surface area contributed by atoms with Crippen LogP contribution < -0.4 is 5.11 Å². The van der Waals surface area contributed by atoms with Crippen LogP contribution in [0.2, 0.25) is 0 Å². The molecule has 0 aromatic carbocycles. The summed E-state index contributed by atoms with van der Waals surface area (Å²) in [5.74, 6) is -1.78. The number of carbonyl (C=O) groups excluding carboxylic acids is 3. The van der Waals surface area contributed by atoms with Crippen molar-refractivity contribution in [3.63, 3.8) is 0 Å². The van der Waals surface area contributed by atoms with Crippen molar-refractivity contribution in [2.24, 2.45) is 0 Å². The van der Waals surface area contributed by atoms with E-state index >= 15 is 0 Å². The molecule has 8 nitrogen and oxygen atoms in total. The first-order chi connectivity index (χ1) is 28.1. The fraction of sp³-hybridized carbons (Fsp3) is 0.820. The molecule has 0 saturated carbocycles. The molecule has 0 radical (unpaired) electrons. The van der Waals surface area contributed by atoms with Gasteiger partial charge in [0.2, 0.25) is 0 Å². The number of nitrogens with zero attached hydrogens (tertiary/aromatic N) is 1. The Balaban J connectivity index is 4.19. The van der Waals surface area contributed by atoms with Gasteiger partial charge in [-0.25, -0.2) is 0 Å². The van der Waals surface area contributed by atoms with E-state index < -0.39 is 18.1 Å². The first-order valence-electron chi connectivity index (χ1n) is 24.0. The van der Waals surface area contributed by atoms with Crippen molar-refractivity contribution in [1.82, 2.24) is 0 Å². The predicted molar refractivity (Wildman–Crippen MR) is 240 cm³/mol.